The van der Waals surface area contributed by atoms with Crippen LogP contribution in [-0.2, 0) is 6.42 Å². The Kier molecular flexibility index (Phi) is 2.81. The van der Waals surface area contributed by atoms with Crippen LogP contribution in [0.25, 0.3) is 5.69 Å². The Morgan fingerprint density at radius 3 is 2.67 bits per heavy atom. The van der Waals surface area contributed by atoms with Gasteiger partial charge in [0.25, 0.3) is 0 Å². The quantitative estimate of drug-likeness (QED) is 0.763. The first-order chi connectivity index (χ1) is 7.25. The highest BCUT2D eigenvalue weighted by atomic mass is 15.3. The minimum atomic E-state index is 0.667. The highest BCUT2D eigenvalue weighted by Crippen LogP contribution is 2.10. The molecule has 0 aliphatic rings. The summed E-state index contributed by atoms with van der Waals surface area (Å²) in [6.07, 6.45) is 8.64. The molecule has 2 aromatic heterocycles. The van der Waals surface area contributed by atoms with E-state index in [1.807, 2.05) is 23.0 Å². The average Bonchev–Trinajstić information content (AvgIpc) is 2.67. The Hall–Kier alpha value is -1.64. The fourth-order valence-corrected chi connectivity index (χ4v) is 1.57. The van der Waals surface area contributed by atoms with Gasteiger partial charge < -0.3 is 0 Å². The van der Waals surface area contributed by atoms with Crippen LogP contribution < -0.4 is 0 Å². The molecule has 0 aliphatic heterocycles. The molecule has 3 heteroatoms. The Bertz CT molecular complexity index is 417. The molecular formula is C12H15N3. The van der Waals surface area contributed by atoms with E-state index < -0.39 is 0 Å². The second-order valence-electron chi connectivity index (χ2n) is 4.10. The molecule has 0 aliphatic carbocycles. The molecule has 0 atom stereocenters. The maximum Gasteiger partial charge on any atom is 0.0676 e. The highest BCUT2D eigenvalue weighted by Gasteiger charge is 2.02. The molecule has 2 rings (SSSR count). The number of nitrogens with zero attached hydrogens (tertiary/aromatic N) is 3. The molecule has 0 N–H and O–H groups in total. The molecule has 0 amide bonds. The normalized spacial score (nSPS) is 10.9. The Labute approximate surface area is 89.8 Å². The Morgan fingerprint density at radius 2 is 2.00 bits per heavy atom. The third-order valence-electron chi connectivity index (χ3n) is 2.21. The summed E-state index contributed by atoms with van der Waals surface area (Å²) in [5.74, 6) is 0.667. The van der Waals surface area contributed by atoms with E-state index in [2.05, 4.69) is 30.1 Å². The van der Waals surface area contributed by atoms with Gasteiger partial charge in [0.2, 0.25) is 0 Å². The van der Waals surface area contributed by atoms with Gasteiger partial charge in [-0.1, -0.05) is 13.8 Å². The van der Waals surface area contributed by atoms with E-state index in [0.717, 1.165) is 12.1 Å². The topological polar surface area (TPSA) is 30.7 Å². The average molecular weight is 201 g/mol. The van der Waals surface area contributed by atoms with Crippen molar-refractivity contribution in [2.45, 2.75) is 20.3 Å². The van der Waals surface area contributed by atoms with Crippen molar-refractivity contribution < 1.29 is 0 Å². The predicted octanol–water partition coefficient (Wildman–Crippen LogP) is 2.47. The van der Waals surface area contributed by atoms with Crippen molar-refractivity contribution in [2.75, 3.05) is 0 Å². The SMILES string of the molecule is CC(C)Cc1cnn(-c2ccncc2)c1. The van der Waals surface area contributed by atoms with Gasteiger partial charge in [-0.05, 0) is 30.0 Å². The molecule has 78 valence electrons. The molecular weight excluding hydrogens is 186 g/mol. The number of hydrogen-bond acceptors (Lipinski definition) is 2. The van der Waals surface area contributed by atoms with Crippen LogP contribution in [0.2, 0.25) is 0 Å². The molecule has 15 heavy (non-hydrogen) atoms. The van der Waals surface area contributed by atoms with E-state index in [1.54, 1.807) is 12.4 Å². The second-order valence-corrected chi connectivity index (χ2v) is 4.10. The van der Waals surface area contributed by atoms with Crippen molar-refractivity contribution in [1.82, 2.24) is 14.8 Å². The number of pyridine rings is 1. The number of rotatable bonds is 3. The summed E-state index contributed by atoms with van der Waals surface area (Å²) in [7, 11) is 0. The van der Waals surface area contributed by atoms with E-state index in [4.69, 9.17) is 0 Å². The van der Waals surface area contributed by atoms with Crippen LogP contribution in [0.15, 0.2) is 36.9 Å². The maximum absolute atomic E-state index is 4.33. The monoisotopic (exact) mass is 201 g/mol. The van der Waals surface area contributed by atoms with Gasteiger partial charge in [0.15, 0.2) is 0 Å². The summed E-state index contributed by atoms with van der Waals surface area (Å²) in [5.41, 5.74) is 2.34. The van der Waals surface area contributed by atoms with E-state index >= 15 is 0 Å². The van der Waals surface area contributed by atoms with Crippen molar-refractivity contribution in [3.05, 3.63) is 42.5 Å². The summed E-state index contributed by atoms with van der Waals surface area (Å²) < 4.78 is 1.89. The molecule has 0 fully saturated rings. The van der Waals surface area contributed by atoms with Crippen molar-refractivity contribution in [3.8, 4) is 5.69 Å². The second kappa shape index (κ2) is 4.26. The summed E-state index contributed by atoms with van der Waals surface area (Å²) >= 11 is 0. The van der Waals surface area contributed by atoms with Crippen molar-refractivity contribution in [2.24, 2.45) is 5.92 Å². The van der Waals surface area contributed by atoms with E-state index in [-0.39, 0.29) is 0 Å². The third kappa shape index (κ3) is 2.43. The van der Waals surface area contributed by atoms with E-state index in [1.165, 1.54) is 5.56 Å². The molecule has 0 radical (unpaired) electrons. The lowest BCUT2D eigenvalue weighted by molar-refractivity contribution is 0.647. The van der Waals surface area contributed by atoms with Crippen molar-refractivity contribution in [1.29, 1.82) is 0 Å². The number of aromatic nitrogens is 3. The molecule has 0 aromatic carbocycles. The van der Waals surface area contributed by atoms with Gasteiger partial charge in [0.1, 0.15) is 0 Å². The molecule has 2 heterocycles. The van der Waals surface area contributed by atoms with Crippen LogP contribution in [0.5, 0.6) is 0 Å². The van der Waals surface area contributed by atoms with Gasteiger partial charge in [0.05, 0.1) is 11.9 Å². The molecule has 2 aromatic rings. The van der Waals surface area contributed by atoms with Crippen LogP contribution in [0, 0.1) is 5.92 Å². The molecule has 0 spiro atoms. The molecule has 0 unspecified atom stereocenters. The first-order valence-electron chi connectivity index (χ1n) is 5.19. The van der Waals surface area contributed by atoms with Crippen LogP contribution in [-0.4, -0.2) is 14.8 Å². The summed E-state index contributed by atoms with van der Waals surface area (Å²) in [4.78, 5) is 3.98. The van der Waals surface area contributed by atoms with Crippen LogP contribution in [0.4, 0.5) is 0 Å². The van der Waals surface area contributed by atoms with Crippen LogP contribution in [0.1, 0.15) is 19.4 Å². The van der Waals surface area contributed by atoms with Crippen molar-refractivity contribution >= 4 is 0 Å². The fourth-order valence-electron chi connectivity index (χ4n) is 1.57. The first-order valence-corrected chi connectivity index (χ1v) is 5.19. The summed E-state index contributed by atoms with van der Waals surface area (Å²) in [6.45, 7) is 4.42. The fraction of sp³-hybridized carbons (Fsp3) is 0.333. The zero-order valence-corrected chi connectivity index (χ0v) is 9.09. The zero-order chi connectivity index (χ0) is 10.7. The van der Waals surface area contributed by atoms with Crippen LogP contribution in [0.3, 0.4) is 0 Å². The number of hydrogen-bond donors (Lipinski definition) is 0. The third-order valence-corrected chi connectivity index (χ3v) is 2.21. The molecule has 0 saturated heterocycles. The van der Waals surface area contributed by atoms with Gasteiger partial charge in [0, 0.05) is 18.6 Å². The lowest BCUT2D eigenvalue weighted by Gasteiger charge is -2.00. The summed E-state index contributed by atoms with van der Waals surface area (Å²) in [6, 6.07) is 3.90. The van der Waals surface area contributed by atoms with Crippen molar-refractivity contribution in [3.63, 3.8) is 0 Å². The van der Waals surface area contributed by atoms with Gasteiger partial charge in [-0.3, -0.25) is 4.98 Å². The largest absolute Gasteiger partial charge is 0.265 e. The highest BCUT2D eigenvalue weighted by molar-refractivity contribution is 5.28. The van der Waals surface area contributed by atoms with E-state index in [9.17, 15) is 0 Å². The Morgan fingerprint density at radius 1 is 1.27 bits per heavy atom. The van der Waals surface area contributed by atoms with Gasteiger partial charge in [-0.25, -0.2) is 4.68 Å². The van der Waals surface area contributed by atoms with E-state index in [0.29, 0.717) is 5.92 Å². The minimum Gasteiger partial charge on any atom is -0.265 e. The summed E-state index contributed by atoms with van der Waals surface area (Å²) in [5, 5.41) is 4.33. The standard InChI is InChI=1S/C12H15N3/c1-10(2)7-11-8-14-15(9-11)12-3-5-13-6-4-12/h3-6,8-10H,7H2,1-2H3. The van der Waals surface area contributed by atoms with Crippen LogP contribution >= 0.6 is 0 Å². The maximum atomic E-state index is 4.33. The molecule has 3 nitrogen and oxygen atoms in total. The Balaban J connectivity index is 2.21. The predicted molar refractivity (Wildman–Crippen MR) is 59.9 cm³/mol. The van der Waals surface area contributed by atoms with Gasteiger partial charge >= 0.3 is 0 Å². The molecule has 0 bridgehead atoms. The molecule has 0 saturated carbocycles. The lowest BCUT2D eigenvalue weighted by Crippen LogP contribution is -1.94. The van der Waals surface area contributed by atoms with Gasteiger partial charge in [-0.2, -0.15) is 5.10 Å². The lowest BCUT2D eigenvalue weighted by atomic mass is 10.1. The van der Waals surface area contributed by atoms with Gasteiger partial charge in [-0.15, -0.1) is 0 Å². The first kappa shape index (κ1) is 9.90. The smallest absolute Gasteiger partial charge is 0.0676 e. The zero-order valence-electron chi connectivity index (χ0n) is 9.09. The minimum absolute atomic E-state index is 0.667.